The number of anilines is 1. The Morgan fingerprint density at radius 1 is 1.56 bits per heavy atom. The van der Waals surface area contributed by atoms with Crippen LogP contribution < -0.4 is 11.2 Å². The number of nitrogens with zero attached hydrogens (tertiary/aromatic N) is 1. The minimum Gasteiger partial charge on any atom is -0.326 e. The lowest BCUT2D eigenvalue weighted by Crippen LogP contribution is -2.52. The van der Waals surface area contributed by atoms with Gasteiger partial charge in [0, 0.05) is 24.7 Å². The van der Waals surface area contributed by atoms with E-state index in [1.165, 1.54) is 13.0 Å². The van der Waals surface area contributed by atoms with E-state index in [9.17, 15) is 23.7 Å². The van der Waals surface area contributed by atoms with E-state index in [1.807, 2.05) is 0 Å². The number of carbonyl (C=O) groups excluding carboxylic acids is 1. The first-order chi connectivity index (χ1) is 8.27. The Morgan fingerprint density at radius 3 is 2.61 bits per heavy atom. The van der Waals surface area contributed by atoms with Crippen molar-refractivity contribution >= 4 is 27.8 Å². The fourth-order valence-electron chi connectivity index (χ4n) is 1.21. The molecule has 10 heteroatoms. The molecule has 4 N–H and O–H groups in total. The summed E-state index contributed by atoms with van der Waals surface area (Å²) in [7, 11) is -4.34. The van der Waals surface area contributed by atoms with Crippen LogP contribution in [0.5, 0.6) is 0 Å². The first-order valence-electron chi connectivity index (χ1n) is 4.52. The second-order valence-corrected chi connectivity index (χ2v) is 4.78. The zero-order valence-electron chi connectivity index (χ0n) is 9.24. The Bertz CT molecular complexity index is 546. The fourth-order valence-corrected chi connectivity index (χ4v) is 2.01. The molecule has 0 spiro atoms. The van der Waals surface area contributed by atoms with Gasteiger partial charge in [-0.25, -0.2) is 0 Å². The van der Waals surface area contributed by atoms with Crippen LogP contribution in [0.3, 0.4) is 0 Å². The van der Waals surface area contributed by atoms with Crippen LogP contribution in [-0.4, -0.2) is 10.8 Å². The van der Waals surface area contributed by atoms with Gasteiger partial charge in [0.15, 0.2) is 0 Å². The highest BCUT2D eigenvalue weighted by Crippen LogP contribution is 2.30. The number of quaternary nitrogens is 1. The van der Waals surface area contributed by atoms with Crippen molar-refractivity contribution in [1.29, 1.82) is 0 Å². The normalized spacial score (nSPS) is 13.7. The number of amides is 1. The highest BCUT2D eigenvalue weighted by molar-refractivity contribution is 7.93. The Labute approximate surface area is 102 Å². The molecule has 0 heterocycles. The SMILES string of the molecule is CC(=O)Nc1ccc([N+](=O)[O-])c([S+]([O])(=O)O[NH3+])c1. The minimum absolute atomic E-state index is 0.101. The third kappa shape index (κ3) is 3.07. The van der Waals surface area contributed by atoms with Crippen molar-refractivity contribution in [2.24, 2.45) is 0 Å². The summed E-state index contributed by atoms with van der Waals surface area (Å²) in [6.45, 7) is 1.22. The Balaban J connectivity index is 3.37. The Morgan fingerprint density at radius 2 is 2.17 bits per heavy atom. The van der Waals surface area contributed by atoms with E-state index < -0.39 is 31.9 Å². The third-order valence-corrected chi connectivity index (χ3v) is 3.08. The maximum Gasteiger partial charge on any atom is 0.489 e. The molecule has 1 unspecified atom stereocenters. The van der Waals surface area contributed by atoms with Crippen LogP contribution in [0.25, 0.3) is 0 Å². The molecule has 0 bridgehead atoms. The molecule has 0 aromatic heterocycles. The van der Waals surface area contributed by atoms with E-state index in [-0.39, 0.29) is 5.69 Å². The molecule has 0 saturated carbocycles. The van der Waals surface area contributed by atoms with E-state index in [2.05, 4.69) is 15.5 Å². The topological polar surface area (TPSA) is 146 Å². The lowest BCUT2D eigenvalue weighted by Gasteiger charge is -2.02. The number of nitro benzene ring substituents is 1. The monoisotopic (exact) mass is 276 g/mol. The summed E-state index contributed by atoms with van der Waals surface area (Å²) in [5.74, 6) is 2.28. The molecule has 97 valence electrons. The minimum atomic E-state index is -4.34. The van der Waals surface area contributed by atoms with Gasteiger partial charge in [0.25, 0.3) is 0 Å². The molecule has 0 fully saturated rings. The van der Waals surface area contributed by atoms with Crippen molar-refractivity contribution < 1.29 is 28.7 Å². The van der Waals surface area contributed by atoms with E-state index >= 15 is 0 Å². The smallest absolute Gasteiger partial charge is 0.326 e. The quantitative estimate of drug-likeness (QED) is 0.445. The maximum atomic E-state index is 11.5. The van der Waals surface area contributed by atoms with Gasteiger partial charge in [0.2, 0.25) is 5.91 Å². The molecular weight excluding hydrogens is 266 g/mol. The summed E-state index contributed by atoms with van der Waals surface area (Å²) in [5, 5.41) is 13.0. The van der Waals surface area contributed by atoms with Crippen LogP contribution >= 0.6 is 0 Å². The van der Waals surface area contributed by atoms with Crippen LogP contribution in [0, 0.1) is 10.1 Å². The van der Waals surface area contributed by atoms with Gasteiger partial charge in [0.1, 0.15) is 0 Å². The van der Waals surface area contributed by atoms with Crippen molar-refractivity contribution in [1.82, 2.24) is 0 Å². The zero-order chi connectivity index (χ0) is 13.9. The van der Waals surface area contributed by atoms with Gasteiger partial charge in [-0.1, -0.05) is 0 Å². The highest BCUT2D eigenvalue weighted by Gasteiger charge is 2.44. The molecule has 0 aliphatic carbocycles. The van der Waals surface area contributed by atoms with Crippen LogP contribution in [0.15, 0.2) is 23.1 Å². The Kier molecular flexibility index (Phi) is 4.08. The molecule has 0 aliphatic rings. The predicted octanol–water partition coefficient (Wildman–Crippen LogP) is -0.154. The second kappa shape index (κ2) is 5.18. The Hall–Kier alpha value is -1.88. The third-order valence-electron chi connectivity index (χ3n) is 1.90. The first kappa shape index (κ1) is 14.2. The average Bonchev–Trinajstić information content (AvgIpc) is 2.27. The number of nitro groups is 1. The fraction of sp³-hybridized carbons (Fsp3) is 0.125. The molecular formula is C8H10N3O6S+2. The van der Waals surface area contributed by atoms with Crippen LogP contribution in [0.1, 0.15) is 6.92 Å². The number of hydrogen-bond donors (Lipinski definition) is 2. The molecule has 1 aromatic carbocycles. The lowest BCUT2D eigenvalue weighted by atomic mass is 10.3. The summed E-state index contributed by atoms with van der Waals surface area (Å²) < 4.78 is 26.9. The predicted molar refractivity (Wildman–Crippen MR) is 58.4 cm³/mol. The standard InChI is InChI=1S/C8H9N3O6S/c1-5(12)10-6-2-3-7(11(13)14)8(4-6)18(15,16)17-9/h2-4H,1,9H3/q+1/p+1. The summed E-state index contributed by atoms with van der Waals surface area (Å²) in [4.78, 5) is 20.0. The summed E-state index contributed by atoms with van der Waals surface area (Å²) in [6, 6.07) is 3.10. The van der Waals surface area contributed by atoms with Crippen LogP contribution in [-0.2, 0) is 28.3 Å². The summed E-state index contributed by atoms with van der Waals surface area (Å²) >= 11 is 0. The number of nitrogens with one attached hydrogen (secondary N) is 1. The first-order valence-corrected chi connectivity index (χ1v) is 5.93. The van der Waals surface area contributed by atoms with Gasteiger partial charge in [-0.2, -0.15) is 5.90 Å². The van der Waals surface area contributed by atoms with Crippen molar-refractivity contribution in [2.75, 3.05) is 5.32 Å². The van der Waals surface area contributed by atoms with Crippen molar-refractivity contribution in [3.8, 4) is 0 Å². The van der Waals surface area contributed by atoms with Gasteiger partial charge in [-0.15, -0.1) is 0 Å². The number of carbonyl (C=O) groups is 1. The van der Waals surface area contributed by atoms with Gasteiger partial charge in [-0.3, -0.25) is 14.9 Å². The van der Waals surface area contributed by atoms with Gasteiger partial charge >= 0.3 is 21.1 Å². The number of rotatable bonds is 4. The highest BCUT2D eigenvalue weighted by atomic mass is 32.3. The lowest BCUT2D eigenvalue weighted by molar-refractivity contribution is -0.637. The largest absolute Gasteiger partial charge is 0.489 e. The maximum absolute atomic E-state index is 11.5. The van der Waals surface area contributed by atoms with Gasteiger partial charge < -0.3 is 5.32 Å². The number of hydrogen-bond acceptors (Lipinski definition) is 5. The average molecular weight is 276 g/mol. The summed E-state index contributed by atoms with van der Waals surface area (Å²) in [6.07, 6.45) is 0. The molecule has 0 saturated heterocycles. The molecule has 1 amide bonds. The van der Waals surface area contributed by atoms with Crippen molar-refractivity contribution in [3.05, 3.63) is 28.3 Å². The molecule has 9 nitrogen and oxygen atoms in total. The van der Waals surface area contributed by atoms with Crippen molar-refractivity contribution in [2.45, 2.75) is 11.8 Å². The van der Waals surface area contributed by atoms with Gasteiger partial charge in [-0.05, 0) is 10.3 Å². The van der Waals surface area contributed by atoms with Crippen LogP contribution in [0.4, 0.5) is 11.4 Å². The molecule has 1 radical (unpaired) electrons. The zero-order valence-corrected chi connectivity index (χ0v) is 10.1. The number of benzene rings is 1. The molecule has 1 rings (SSSR count). The molecule has 1 atom stereocenters. The van der Waals surface area contributed by atoms with E-state index in [0.29, 0.717) is 0 Å². The van der Waals surface area contributed by atoms with Crippen LogP contribution in [0.2, 0.25) is 0 Å². The van der Waals surface area contributed by atoms with E-state index in [0.717, 1.165) is 12.1 Å². The molecule has 18 heavy (non-hydrogen) atoms. The van der Waals surface area contributed by atoms with E-state index in [4.69, 9.17) is 0 Å². The molecule has 1 aromatic rings. The van der Waals surface area contributed by atoms with Crippen molar-refractivity contribution in [3.63, 3.8) is 0 Å². The molecule has 0 aliphatic heterocycles. The van der Waals surface area contributed by atoms with E-state index in [1.54, 1.807) is 0 Å². The van der Waals surface area contributed by atoms with Gasteiger partial charge in [0.05, 0.1) is 13.8 Å². The summed E-state index contributed by atoms with van der Waals surface area (Å²) in [5.41, 5.74) is -0.559. The second-order valence-electron chi connectivity index (χ2n) is 3.19.